The number of aliphatic hydroxyl groups is 1. The molecule has 1 aromatic rings. The van der Waals surface area contributed by atoms with Gasteiger partial charge in [0, 0.05) is 0 Å². The summed E-state index contributed by atoms with van der Waals surface area (Å²) in [5, 5.41) is 9.88. The highest BCUT2D eigenvalue weighted by Crippen LogP contribution is 2.35. The SMILES string of the molecule is CCCCCCCC(C)(C)c1ccc(C2CCCC(O)C2)cc1. The predicted octanol–water partition coefficient (Wildman–Crippen LogP) is 6.34. The summed E-state index contributed by atoms with van der Waals surface area (Å²) in [4.78, 5) is 0. The van der Waals surface area contributed by atoms with E-state index < -0.39 is 0 Å². The quantitative estimate of drug-likeness (QED) is 0.554. The van der Waals surface area contributed by atoms with Crippen LogP contribution in [0.5, 0.6) is 0 Å². The molecule has 1 saturated carbocycles. The largest absolute Gasteiger partial charge is 0.393 e. The Bertz CT molecular complexity index is 446. The van der Waals surface area contributed by atoms with Crippen LogP contribution in [0.25, 0.3) is 0 Å². The van der Waals surface area contributed by atoms with Gasteiger partial charge in [0.2, 0.25) is 0 Å². The molecule has 0 heterocycles. The predicted molar refractivity (Wildman–Crippen MR) is 100 cm³/mol. The molecule has 1 N–H and O–H groups in total. The monoisotopic (exact) mass is 316 g/mol. The Morgan fingerprint density at radius 2 is 1.70 bits per heavy atom. The molecule has 2 atom stereocenters. The second-order valence-electron chi connectivity index (χ2n) is 8.19. The molecule has 1 aliphatic carbocycles. The Morgan fingerprint density at radius 1 is 1.00 bits per heavy atom. The zero-order valence-corrected chi connectivity index (χ0v) is 15.5. The molecule has 0 aromatic heterocycles. The summed E-state index contributed by atoms with van der Waals surface area (Å²) in [6.07, 6.45) is 12.3. The molecule has 1 aliphatic rings. The molecule has 2 rings (SSSR count). The highest BCUT2D eigenvalue weighted by molar-refractivity contribution is 5.30. The van der Waals surface area contributed by atoms with Crippen LogP contribution < -0.4 is 0 Å². The van der Waals surface area contributed by atoms with Crippen molar-refractivity contribution >= 4 is 0 Å². The van der Waals surface area contributed by atoms with Crippen molar-refractivity contribution in [2.75, 3.05) is 0 Å². The van der Waals surface area contributed by atoms with Crippen LogP contribution in [0.1, 0.15) is 102 Å². The van der Waals surface area contributed by atoms with E-state index >= 15 is 0 Å². The smallest absolute Gasteiger partial charge is 0.0546 e. The van der Waals surface area contributed by atoms with Crippen molar-refractivity contribution in [1.82, 2.24) is 0 Å². The molecule has 1 aromatic carbocycles. The number of benzene rings is 1. The van der Waals surface area contributed by atoms with Gasteiger partial charge in [0.15, 0.2) is 0 Å². The minimum Gasteiger partial charge on any atom is -0.393 e. The van der Waals surface area contributed by atoms with E-state index in [1.54, 1.807) is 0 Å². The highest BCUT2D eigenvalue weighted by Gasteiger charge is 2.23. The van der Waals surface area contributed by atoms with Crippen LogP contribution >= 0.6 is 0 Å². The molecule has 1 fully saturated rings. The van der Waals surface area contributed by atoms with E-state index in [-0.39, 0.29) is 11.5 Å². The van der Waals surface area contributed by atoms with E-state index in [4.69, 9.17) is 0 Å². The Balaban J connectivity index is 1.89. The third kappa shape index (κ3) is 5.64. The van der Waals surface area contributed by atoms with Gasteiger partial charge in [0.1, 0.15) is 0 Å². The number of aliphatic hydroxyl groups excluding tert-OH is 1. The molecule has 1 heteroatoms. The number of rotatable bonds is 8. The molecule has 0 aliphatic heterocycles. The van der Waals surface area contributed by atoms with Crippen LogP contribution in [-0.4, -0.2) is 11.2 Å². The maximum atomic E-state index is 9.88. The van der Waals surface area contributed by atoms with Crippen LogP contribution in [0.15, 0.2) is 24.3 Å². The Kier molecular flexibility index (Phi) is 7.14. The lowest BCUT2D eigenvalue weighted by Gasteiger charge is -2.28. The molecule has 23 heavy (non-hydrogen) atoms. The molecule has 0 amide bonds. The standard InChI is InChI=1S/C22H36O/c1-4-5-6-7-8-16-22(2,3)20-14-12-18(13-15-20)19-10-9-11-21(23)17-19/h12-15,19,21,23H,4-11,16-17H2,1-3H3. The lowest BCUT2D eigenvalue weighted by molar-refractivity contribution is 0.119. The summed E-state index contributed by atoms with van der Waals surface area (Å²) in [5.41, 5.74) is 3.16. The normalized spacial score (nSPS) is 22.3. The van der Waals surface area contributed by atoms with Gasteiger partial charge >= 0.3 is 0 Å². The van der Waals surface area contributed by atoms with Gasteiger partial charge in [0.05, 0.1) is 6.10 Å². The number of unbranched alkanes of at least 4 members (excludes halogenated alkanes) is 4. The first-order chi connectivity index (χ1) is 11.0. The van der Waals surface area contributed by atoms with E-state index in [0.29, 0.717) is 5.92 Å². The third-order valence-corrected chi connectivity index (χ3v) is 5.72. The molecule has 0 radical (unpaired) electrons. The number of hydrogen-bond donors (Lipinski definition) is 1. The van der Waals surface area contributed by atoms with Crippen molar-refractivity contribution in [3.8, 4) is 0 Å². The lowest BCUT2D eigenvalue weighted by Crippen LogP contribution is -2.19. The fourth-order valence-electron chi connectivity index (χ4n) is 3.99. The van der Waals surface area contributed by atoms with Crippen LogP contribution in [0.2, 0.25) is 0 Å². The third-order valence-electron chi connectivity index (χ3n) is 5.72. The van der Waals surface area contributed by atoms with Gasteiger partial charge in [-0.1, -0.05) is 83.6 Å². The second-order valence-corrected chi connectivity index (χ2v) is 8.19. The summed E-state index contributed by atoms with van der Waals surface area (Å²) in [7, 11) is 0. The van der Waals surface area contributed by atoms with Crippen LogP contribution in [-0.2, 0) is 5.41 Å². The fourth-order valence-corrected chi connectivity index (χ4v) is 3.99. The van der Waals surface area contributed by atoms with Gasteiger partial charge in [-0.25, -0.2) is 0 Å². The molecule has 0 spiro atoms. The van der Waals surface area contributed by atoms with Gasteiger partial charge < -0.3 is 5.11 Å². The summed E-state index contributed by atoms with van der Waals surface area (Å²) >= 11 is 0. The maximum absolute atomic E-state index is 9.88. The van der Waals surface area contributed by atoms with Gasteiger partial charge in [0.25, 0.3) is 0 Å². The zero-order valence-electron chi connectivity index (χ0n) is 15.5. The van der Waals surface area contributed by atoms with Crippen molar-refractivity contribution < 1.29 is 5.11 Å². The molecule has 0 bridgehead atoms. The molecule has 130 valence electrons. The minimum atomic E-state index is -0.0898. The summed E-state index contributed by atoms with van der Waals surface area (Å²) in [6, 6.07) is 9.30. The first-order valence-corrected chi connectivity index (χ1v) is 9.81. The molecule has 0 saturated heterocycles. The maximum Gasteiger partial charge on any atom is 0.0546 e. The van der Waals surface area contributed by atoms with Crippen LogP contribution in [0, 0.1) is 0 Å². The zero-order chi connectivity index (χ0) is 16.7. The van der Waals surface area contributed by atoms with Crippen LogP contribution in [0.3, 0.4) is 0 Å². The van der Waals surface area contributed by atoms with Crippen molar-refractivity contribution in [3.63, 3.8) is 0 Å². The Morgan fingerprint density at radius 3 is 2.35 bits per heavy atom. The van der Waals surface area contributed by atoms with E-state index in [2.05, 4.69) is 45.0 Å². The molecular formula is C22H36O. The topological polar surface area (TPSA) is 20.2 Å². The Labute approximate surface area is 143 Å². The molecule has 1 nitrogen and oxygen atoms in total. The second kappa shape index (κ2) is 8.87. The van der Waals surface area contributed by atoms with Gasteiger partial charge in [-0.05, 0) is 48.1 Å². The van der Waals surface area contributed by atoms with Crippen molar-refractivity contribution in [1.29, 1.82) is 0 Å². The van der Waals surface area contributed by atoms with Crippen molar-refractivity contribution in [3.05, 3.63) is 35.4 Å². The Hall–Kier alpha value is -0.820. The first-order valence-electron chi connectivity index (χ1n) is 9.81. The minimum absolute atomic E-state index is 0.0898. The highest BCUT2D eigenvalue weighted by atomic mass is 16.3. The van der Waals surface area contributed by atoms with E-state index in [1.165, 1.54) is 56.1 Å². The van der Waals surface area contributed by atoms with E-state index in [1.807, 2.05) is 0 Å². The van der Waals surface area contributed by atoms with Crippen molar-refractivity contribution in [2.45, 2.75) is 102 Å². The summed E-state index contributed by atoms with van der Waals surface area (Å²) in [6.45, 7) is 7.04. The van der Waals surface area contributed by atoms with E-state index in [0.717, 1.165) is 19.3 Å². The van der Waals surface area contributed by atoms with E-state index in [9.17, 15) is 5.11 Å². The van der Waals surface area contributed by atoms with Gasteiger partial charge in [-0.15, -0.1) is 0 Å². The average molecular weight is 317 g/mol. The van der Waals surface area contributed by atoms with Crippen molar-refractivity contribution in [2.24, 2.45) is 0 Å². The lowest BCUT2D eigenvalue weighted by atomic mass is 9.78. The van der Waals surface area contributed by atoms with Crippen LogP contribution in [0.4, 0.5) is 0 Å². The summed E-state index contributed by atoms with van der Waals surface area (Å²) < 4.78 is 0. The van der Waals surface area contributed by atoms with Gasteiger partial charge in [-0.3, -0.25) is 0 Å². The number of hydrogen-bond acceptors (Lipinski definition) is 1. The molecular weight excluding hydrogens is 280 g/mol. The molecule has 2 unspecified atom stereocenters. The fraction of sp³-hybridized carbons (Fsp3) is 0.727. The van der Waals surface area contributed by atoms with Gasteiger partial charge in [-0.2, -0.15) is 0 Å². The first kappa shape index (κ1) is 18.5. The average Bonchev–Trinajstić information content (AvgIpc) is 2.55. The summed E-state index contributed by atoms with van der Waals surface area (Å²) in [5.74, 6) is 0.560.